The second-order valence-corrected chi connectivity index (χ2v) is 4.03. The van der Waals surface area contributed by atoms with Gasteiger partial charge in [-0.15, -0.1) is 0 Å². The molecule has 0 aliphatic heterocycles. The Morgan fingerprint density at radius 2 is 2.00 bits per heavy atom. The highest BCUT2D eigenvalue weighted by Gasteiger charge is 2.21. The summed E-state index contributed by atoms with van der Waals surface area (Å²) in [4.78, 5) is 11.4. The van der Waals surface area contributed by atoms with Crippen LogP contribution in [0.15, 0.2) is 30.3 Å². The first kappa shape index (κ1) is 10.2. The van der Waals surface area contributed by atoms with Gasteiger partial charge in [-0.1, -0.05) is 30.3 Å². The topological polar surface area (TPSA) is 26.3 Å². The molecule has 1 aromatic rings. The van der Waals surface area contributed by atoms with Crippen LogP contribution in [0.1, 0.15) is 31.2 Å². The summed E-state index contributed by atoms with van der Waals surface area (Å²) in [6, 6.07) is 10.0. The SMILES string of the molecule is O=C(CCc1ccccc1)OC1CCC1. The highest BCUT2D eigenvalue weighted by Crippen LogP contribution is 2.22. The van der Waals surface area contributed by atoms with Crippen molar-refractivity contribution in [3.05, 3.63) is 35.9 Å². The first-order valence-corrected chi connectivity index (χ1v) is 5.58. The second kappa shape index (κ2) is 4.96. The Balaban J connectivity index is 1.71. The van der Waals surface area contributed by atoms with Crippen LogP contribution in [0, 0.1) is 0 Å². The van der Waals surface area contributed by atoms with Crippen LogP contribution in [0.4, 0.5) is 0 Å². The van der Waals surface area contributed by atoms with Crippen LogP contribution in [-0.2, 0) is 16.0 Å². The van der Waals surface area contributed by atoms with Crippen molar-refractivity contribution in [2.45, 2.75) is 38.2 Å². The Morgan fingerprint density at radius 1 is 1.27 bits per heavy atom. The van der Waals surface area contributed by atoms with Gasteiger partial charge >= 0.3 is 5.97 Å². The first-order chi connectivity index (χ1) is 7.34. The van der Waals surface area contributed by atoms with Crippen molar-refractivity contribution in [3.8, 4) is 0 Å². The molecule has 1 fully saturated rings. The van der Waals surface area contributed by atoms with E-state index in [2.05, 4.69) is 0 Å². The molecule has 1 saturated carbocycles. The van der Waals surface area contributed by atoms with Gasteiger partial charge in [0, 0.05) is 6.42 Å². The van der Waals surface area contributed by atoms with Crippen LogP contribution in [-0.4, -0.2) is 12.1 Å². The zero-order valence-electron chi connectivity index (χ0n) is 8.82. The lowest BCUT2D eigenvalue weighted by Gasteiger charge is -2.25. The smallest absolute Gasteiger partial charge is 0.306 e. The van der Waals surface area contributed by atoms with E-state index in [1.54, 1.807) is 0 Å². The minimum absolute atomic E-state index is 0.0523. The van der Waals surface area contributed by atoms with Crippen molar-refractivity contribution in [2.24, 2.45) is 0 Å². The van der Waals surface area contributed by atoms with E-state index in [0.717, 1.165) is 19.3 Å². The molecule has 0 aromatic heterocycles. The number of rotatable bonds is 4. The summed E-state index contributed by atoms with van der Waals surface area (Å²) in [5.41, 5.74) is 1.20. The molecule has 0 amide bonds. The van der Waals surface area contributed by atoms with Crippen molar-refractivity contribution < 1.29 is 9.53 Å². The van der Waals surface area contributed by atoms with E-state index in [1.165, 1.54) is 12.0 Å². The highest BCUT2D eigenvalue weighted by atomic mass is 16.5. The van der Waals surface area contributed by atoms with Gasteiger partial charge in [0.2, 0.25) is 0 Å². The third-order valence-corrected chi connectivity index (χ3v) is 2.81. The molecule has 0 unspecified atom stereocenters. The van der Waals surface area contributed by atoms with Gasteiger partial charge in [0.1, 0.15) is 6.10 Å². The fraction of sp³-hybridized carbons (Fsp3) is 0.462. The summed E-state index contributed by atoms with van der Waals surface area (Å²) in [7, 11) is 0. The molecule has 2 rings (SSSR count). The number of hydrogen-bond acceptors (Lipinski definition) is 2. The van der Waals surface area contributed by atoms with Crippen molar-refractivity contribution in [3.63, 3.8) is 0 Å². The number of carbonyl (C=O) groups is 1. The molecule has 1 aromatic carbocycles. The number of esters is 1. The lowest BCUT2D eigenvalue weighted by Crippen LogP contribution is -2.25. The van der Waals surface area contributed by atoms with Gasteiger partial charge in [-0.2, -0.15) is 0 Å². The Kier molecular flexibility index (Phi) is 3.38. The van der Waals surface area contributed by atoms with Gasteiger partial charge in [-0.05, 0) is 31.2 Å². The fourth-order valence-electron chi connectivity index (χ4n) is 1.62. The van der Waals surface area contributed by atoms with Gasteiger partial charge in [-0.3, -0.25) is 4.79 Å². The van der Waals surface area contributed by atoms with E-state index in [4.69, 9.17) is 4.74 Å². The third-order valence-electron chi connectivity index (χ3n) is 2.81. The lowest BCUT2D eigenvalue weighted by atomic mass is 9.96. The monoisotopic (exact) mass is 204 g/mol. The van der Waals surface area contributed by atoms with Crippen molar-refractivity contribution in [1.29, 1.82) is 0 Å². The predicted molar refractivity (Wildman–Crippen MR) is 58.5 cm³/mol. The Bertz CT molecular complexity index is 315. The lowest BCUT2D eigenvalue weighted by molar-refractivity contribution is -0.152. The summed E-state index contributed by atoms with van der Waals surface area (Å²) in [5.74, 6) is -0.0523. The molecule has 0 spiro atoms. The maximum absolute atomic E-state index is 11.4. The summed E-state index contributed by atoms with van der Waals surface area (Å²) < 4.78 is 5.27. The molecule has 0 bridgehead atoms. The molecule has 0 heterocycles. The average molecular weight is 204 g/mol. The summed E-state index contributed by atoms with van der Waals surface area (Å²) >= 11 is 0. The zero-order valence-corrected chi connectivity index (χ0v) is 8.82. The summed E-state index contributed by atoms with van der Waals surface area (Å²) in [5, 5.41) is 0. The standard InChI is InChI=1S/C13H16O2/c14-13(15-12-7-4-8-12)10-9-11-5-2-1-3-6-11/h1-3,5-6,12H,4,7-10H2. The van der Waals surface area contributed by atoms with Crippen molar-refractivity contribution in [2.75, 3.05) is 0 Å². The van der Waals surface area contributed by atoms with Gasteiger partial charge in [0.15, 0.2) is 0 Å². The summed E-state index contributed by atoms with van der Waals surface area (Å²) in [6.07, 6.45) is 4.81. The Morgan fingerprint density at radius 3 is 2.60 bits per heavy atom. The third kappa shape index (κ3) is 3.08. The molecule has 1 aliphatic rings. The highest BCUT2D eigenvalue weighted by molar-refractivity contribution is 5.70. The molecule has 2 nitrogen and oxygen atoms in total. The molecular formula is C13H16O2. The predicted octanol–water partition coefficient (Wildman–Crippen LogP) is 2.71. The van der Waals surface area contributed by atoms with E-state index in [-0.39, 0.29) is 12.1 Å². The largest absolute Gasteiger partial charge is 0.462 e. The molecule has 0 radical (unpaired) electrons. The number of aryl methyl sites for hydroxylation is 1. The molecule has 15 heavy (non-hydrogen) atoms. The Labute approximate surface area is 90.3 Å². The minimum atomic E-state index is -0.0523. The van der Waals surface area contributed by atoms with E-state index in [0.29, 0.717) is 6.42 Å². The van der Waals surface area contributed by atoms with Gasteiger partial charge in [0.25, 0.3) is 0 Å². The van der Waals surface area contributed by atoms with Crippen molar-refractivity contribution in [1.82, 2.24) is 0 Å². The molecule has 0 saturated heterocycles. The average Bonchev–Trinajstić information content (AvgIpc) is 2.22. The summed E-state index contributed by atoms with van der Waals surface area (Å²) in [6.45, 7) is 0. The van der Waals surface area contributed by atoms with Crippen LogP contribution in [0.25, 0.3) is 0 Å². The van der Waals surface area contributed by atoms with E-state index in [9.17, 15) is 4.79 Å². The maximum atomic E-state index is 11.4. The maximum Gasteiger partial charge on any atom is 0.306 e. The van der Waals surface area contributed by atoms with E-state index < -0.39 is 0 Å². The molecule has 2 heteroatoms. The second-order valence-electron chi connectivity index (χ2n) is 4.03. The Hall–Kier alpha value is -1.31. The van der Waals surface area contributed by atoms with Crippen LogP contribution >= 0.6 is 0 Å². The molecule has 0 atom stereocenters. The molecule has 80 valence electrons. The van der Waals surface area contributed by atoms with Gasteiger partial charge in [0.05, 0.1) is 0 Å². The quantitative estimate of drug-likeness (QED) is 0.705. The number of hydrogen-bond donors (Lipinski definition) is 0. The van der Waals surface area contributed by atoms with Crippen LogP contribution in [0.2, 0.25) is 0 Å². The number of ether oxygens (including phenoxy) is 1. The van der Waals surface area contributed by atoms with Gasteiger partial charge < -0.3 is 4.74 Å². The van der Waals surface area contributed by atoms with E-state index in [1.807, 2.05) is 30.3 Å². The zero-order chi connectivity index (χ0) is 10.5. The van der Waals surface area contributed by atoms with Gasteiger partial charge in [-0.25, -0.2) is 0 Å². The number of carbonyl (C=O) groups excluding carboxylic acids is 1. The van der Waals surface area contributed by atoms with Crippen LogP contribution < -0.4 is 0 Å². The molecule has 1 aliphatic carbocycles. The number of benzene rings is 1. The normalized spacial score (nSPS) is 15.7. The fourth-order valence-corrected chi connectivity index (χ4v) is 1.62. The first-order valence-electron chi connectivity index (χ1n) is 5.58. The molecular weight excluding hydrogens is 188 g/mol. The van der Waals surface area contributed by atoms with Crippen LogP contribution in [0.3, 0.4) is 0 Å². The minimum Gasteiger partial charge on any atom is -0.462 e. The van der Waals surface area contributed by atoms with Crippen molar-refractivity contribution >= 4 is 5.97 Å². The van der Waals surface area contributed by atoms with Crippen LogP contribution in [0.5, 0.6) is 0 Å². The van der Waals surface area contributed by atoms with E-state index >= 15 is 0 Å². The molecule has 0 N–H and O–H groups in total.